The van der Waals surface area contributed by atoms with Crippen LogP contribution in [0.3, 0.4) is 0 Å². The molecule has 0 saturated heterocycles. The number of hydrogen-bond acceptors (Lipinski definition) is 2. The second-order valence-electron chi connectivity index (χ2n) is 2.41. The summed E-state index contributed by atoms with van der Waals surface area (Å²) in [5.74, 6) is 0.672. The first-order valence-corrected chi connectivity index (χ1v) is 3.98. The molecule has 0 saturated carbocycles. The van der Waals surface area contributed by atoms with Gasteiger partial charge in [0.2, 0.25) is 0 Å². The molecule has 0 spiro atoms. The zero-order chi connectivity index (χ0) is 10.2. The van der Waals surface area contributed by atoms with Crippen molar-refractivity contribution in [2.75, 3.05) is 13.2 Å². The monoisotopic (exact) mass is 188 g/mol. The van der Waals surface area contributed by atoms with E-state index in [1.807, 2.05) is 0 Å². The van der Waals surface area contributed by atoms with Crippen molar-refractivity contribution in [3.63, 3.8) is 0 Å². The van der Waals surface area contributed by atoms with Gasteiger partial charge in [0.15, 0.2) is 5.69 Å². The fourth-order valence-electron chi connectivity index (χ4n) is 0.866. The van der Waals surface area contributed by atoms with Gasteiger partial charge >= 0.3 is 0 Å². The quantitative estimate of drug-likeness (QED) is 0.235. The van der Waals surface area contributed by atoms with E-state index < -0.39 is 0 Å². The molecule has 0 aromatic heterocycles. The molecule has 0 amide bonds. The molecule has 1 rings (SSSR count). The average Bonchev–Trinajstić information content (AvgIpc) is 2.25. The second kappa shape index (κ2) is 5.46. The topological polar surface area (TPSA) is 62.3 Å². The van der Waals surface area contributed by atoms with Gasteiger partial charge in [0.1, 0.15) is 5.75 Å². The molecule has 0 unspecified atom stereocenters. The van der Waals surface area contributed by atoms with Crippen molar-refractivity contribution in [2.24, 2.45) is 5.11 Å². The lowest BCUT2D eigenvalue weighted by molar-refractivity contribution is 0.328. The van der Waals surface area contributed by atoms with Crippen LogP contribution in [-0.2, 0) is 0 Å². The largest absolute Gasteiger partial charge is 0.494 e. The maximum absolute atomic E-state index is 8.00. The first-order chi connectivity index (χ1) is 6.86. The summed E-state index contributed by atoms with van der Waals surface area (Å²) in [6.45, 7) is 7.39. The first-order valence-electron chi connectivity index (χ1n) is 3.98. The summed E-state index contributed by atoms with van der Waals surface area (Å²) in [5.41, 5.74) is 8.58. The number of nitrogens with zero attached hydrogens (tertiary/aromatic N) is 4. The van der Waals surface area contributed by atoms with Crippen LogP contribution in [0.1, 0.15) is 0 Å². The van der Waals surface area contributed by atoms with Crippen LogP contribution < -0.4 is 4.74 Å². The third-order valence-electron chi connectivity index (χ3n) is 1.49. The summed E-state index contributed by atoms with van der Waals surface area (Å²) in [7, 11) is 0. The van der Waals surface area contributed by atoms with Crippen molar-refractivity contribution in [1.29, 1.82) is 0 Å². The van der Waals surface area contributed by atoms with Crippen LogP contribution in [0.15, 0.2) is 29.4 Å². The number of azide groups is 1. The fourth-order valence-corrected chi connectivity index (χ4v) is 0.866. The van der Waals surface area contributed by atoms with Gasteiger partial charge in [-0.2, -0.15) is 0 Å². The Kier molecular flexibility index (Phi) is 3.86. The predicted octanol–water partition coefficient (Wildman–Crippen LogP) is 2.93. The van der Waals surface area contributed by atoms with E-state index in [0.717, 1.165) is 0 Å². The maximum Gasteiger partial charge on any atom is 0.187 e. The summed E-state index contributed by atoms with van der Waals surface area (Å²) in [6.07, 6.45) is 0. The molecule has 0 aliphatic carbocycles. The Morgan fingerprint density at radius 2 is 2.07 bits per heavy atom. The van der Waals surface area contributed by atoms with E-state index in [1.165, 1.54) is 0 Å². The molecular weight excluding hydrogens is 180 g/mol. The molecule has 0 aliphatic rings. The molecule has 5 heteroatoms. The van der Waals surface area contributed by atoms with Crippen molar-refractivity contribution in [1.82, 2.24) is 0 Å². The minimum atomic E-state index is 0.307. The summed E-state index contributed by atoms with van der Waals surface area (Å²) in [5, 5.41) is 3.33. The van der Waals surface area contributed by atoms with Crippen LogP contribution in [0, 0.1) is 6.57 Å². The molecule has 5 nitrogen and oxygen atoms in total. The van der Waals surface area contributed by atoms with Gasteiger partial charge in [0.25, 0.3) is 0 Å². The molecule has 0 bridgehead atoms. The van der Waals surface area contributed by atoms with E-state index in [2.05, 4.69) is 14.9 Å². The highest BCUT2D eigenvalue weighted by atomic mass is 16.5. The van der Waals surface area contributed by atoms with Crippen molar-refractivity contribution in [3.8, 4) is 5.75 Å². The third kappa shape index (κ3) is 3.05. The van der Waals surface area contributed by atoms with Crippen molar-refractivity contribution in [2.45, 2.75) is 0 Å². The number of rotatable bonds is 4. The Hall–Kier alpha value is -2.18. The van der Waals surface area contributed by atoms with E-state index in [1.54, 1.807) is 24.3 Å². The second-order valence-corrected chi connectivity index (χ2v) is 2.41. The number of hydrogen-bond donors (Lipinski definition) is 0. The number of ether oxygens (including phenoxy) is 1. The van der Waals surface area contributed by atoms with Gasteiger partial charge < -0.3 is 4.74 Å². The molecule has 70 valence electrons. The average molecular weight is 188 g/mol. The summed E-state index contributed by atoms with van der Waals surface area (Å²) in [6, 6.07) is 6.78. The Balaban J connectivity index is 2.44. The van der Waals surface area contributed by atoms with E-state index in [9.17, 15) is 0 Å². The minimum absolute atomic E-state index is 0.307. The van der Waals surface area contributed by atoms with Gasteiger partial charge in [-0.25, -0.2) is 4.85 Å². The lowest BCUT2D eigenvalue weighted by atomic mass is 10.3. The molecule has 1 aromatic carbocycles. The molecule has 0 N–H and O–H groups in total. The normalized spacial score (nSPS) is 8.50. The molecule has 0 heterocycles. The molecule has 0 fully saturated rings. The smallest absolute Gasteiger partial charge is 0.187 e. The molecule has 0 aliphatic heterocycles. The predicted molar refractivity (Wildman–Crippen MR) is 52.2 cm³/mol. The highest BCUT2D eigenvalue weighted by Gasteiger charge is 1.93. The summed E-state index contributed by atoms with van der Waals surface area (Å²) >= 11 is 0. The van der Waals surface area contributed by atoms with Crippen molar-refractivity contribution in [3.05, 3.63) is 46.1 Å². The van der Waals surface area contributed by atoms with E-state index in [4.69, 9.17) is 16.8 Å². The lowest BCUT2D eigenvalue weighted by Gasteiger charge is -2.02. The molecule has 1 aromatic rings. The maximum atomic E-state index is 8.00. The van der Waals surface area contributed by atoms with Gasteiger partial charge in [-0.3, -0.25) is 0 Å². The van der Waals surface area contributed by atoms with Gasteiger partial charge in [-0.05, 0) is 17.7 Å². The SMILES string of the molecule is [C-]#[N+]c1ccc(OCCN=[N+]=[N-])cc1. The number of benzene rings is 1. The van der Waals surface area contributed by atoms with Crippen LogP contribution in [0.2, 0.25) is 0 Å². The van der Waals surface area contributed by atoms with Gasteiger partial charge in [-0.15, -0.1) is 0 Å². The highest BCUT2D eigenvalue weighted by Crippen LogP contribution is 2.17. The van der Waals surface area contributed by atoms with Crippen molar-refractivity contribution < 1.29 is 4.74 Å². The third-order valence-corrected chi connectivity index (χ3v) is 1.49. The lowest BCUT2D eigenvalue weighted by Crippen LogP contribution is -1.99. The van der Waals surface area contributed by atoms with Crippen LogP contribution in [0.5, 0.6) is 5.75 Å². The van der Waals surface area contributed by atoms with E-state index in [0.29, 0.717) is 24.6 Å². The minimum Gasteiger partial charge on any atom is -0.494 e. The van der Waals surface area contributed by atoms with Gasteiger partial charge in [-0.1, -0.05) is 17.2 Å². The Morgan fingerprint density at radius 3 is 2.64 bits per heavy atom. The first kappa shape index (κ1) is 9.90. The fraction of sp³-hybridized carbons (Fsp3) is 0.222. The highest BCUT2D eigenvalue weighted by molar-refractivity contribution is 5.46. The molecule has 0 atom stereocenters. The van der Waals surface area contributed by atoms with Crippen LogP contribution >= 0.6 is 0 Å². The standard InChI is InChI=1S/C9H8N4O/c1-11-8-2-4-9(5-3-8)14-7-6-12-13-10/h2-5H,6-7H2. The van der Waals surface area contributed by atoms with E-state index in [-0.39, 0.29) is 0 Å². The molecule has 0 radical (unpaired) electrons. The summed E-state index contributed by atoms with van der Waals surface area (Å²) < 4.78 is 5.24. The van der Waals surface area contributed by atoms with Gasteiger partial charge in [0, 0.05) is 4.91 Å². The Morgan fingerprint density at radius 1 is 1.36 bits per heavy atom. The van der Waals surface area contributed by atoms with Crippen molar-refractivity contribution >= 4 is 5.69 Å². The molecular formula is C9H8N4O. The van der Waals surface area contributed by atoms with Gasteiger partial charge in [0.05, 0.1) is 19.7 Å². The summed E-state index contributed by atoms with van der Waals surface area (Å²) in [4.78, 5) is 5.85. The zero-order valence-corrected chi connectivity index (χ0v) is 7.42. The Bertz CT molecular complexity index is 373. The molecule has 14 heavy (non-hydrogen) atoms. The van der Waals surface area contributed by atoms with Crippen LogP contribution in [0.25, 0.3) is 15.3 Å². The Labute approximate surface area is 81.4 Å². The van der Waals surface area contributed by atoms with E-state index >= 15 is 0 Å². The van der Waals surface area contributed by atoms with Crippen LogP contribution in [0.4, 0.5) is 5.69 Å². The van der Waals surface area contributed by atoms with Crippen LogP contribution in [-0.4, -0.2) is 13.2 Å². The zero-order valence-electron chi connectivity index (χ0n) is 7.42.